The second-order valence-corrected chi connectivity index (χ2v) is 7.14. The van der Waals surface area contributed by atoms with Gasteiger partial charge >= 0.3 is 5.97 Å². The van der Waals surface area contributed by atoms with Crippen molar-refractivity contribution in [3.63, 3.8) is 0 Å². The Kier molecular flexibility index (Phi) is 4.36. The van der Waals surface area contributed by atoms with E-state index in [4.69, 9.17) is 14.3 Å². The number of hydrogen-bond acceptors (Lipinski definition) is 6. The summed E-state index contributed by atoms with van der Waals surface area (Å²) in [4.78, 5) is 44.3. The monoisotopic (exact) mass is 371 g/mol. The number of amides is 1. The van der Waals surface area contributed by atoms with E-state index >= 15 is 0 Å². The van der Waals surface area contributed by atoms with E-state index in [1.807, 2.05) is 0 Å². The molecule has 7 nitrogen and oxygen atoms in total. The Morgan fingerprint density at radius 2 is 2.19 bits per heavy atom. The van der Waals surface area contributed by atoms with E-state index in [0.717, 1.165) is 0 Å². The highest BCUT2D eigenvalue weighted by molar-refractivity contribution is 6.11. The highest BCUT2D eigenvalue weighted by atomic mass is 16.7. The fourth-order valence-corrected chi connectivity index (χ4v) is 4.62. The van der Waals surface area contributed by atoms with Crippen molar-refractivity contribution in [2.45, 2.75) is 24.4 Å². The van der Waals surface area contributed by atoms with Crippen LogP contribution in [0.25, 0.3) is 0 Å². The highest BCUT2D eigenvalue weighted by Gasteiger charge is 2.64. The van der Waals surface area contributed by atoms with Crippen molar-refractivity contribution in [3.8, 4) is 0 Å². The normalized spacial score (nSPS) is 31.7. The van der Waals surface area contributed by atoms with Crippen LogP contribution in [0, 0.1) is 11.8 Å². The molecule has 1 aliphatic carbocycles. The minimum atomic E-state index is -1.28. The van der Waals surface area contributed by atoms with Crippen molar-refractivity contribution in [1.29, 1.82) is 0 Å². The summed E-state index contributed by atoms with van der Waals surface area (Å²) in [6, 6.07) is 7.16. The minimum Gasteiger partial charge on any atom is -0.461 e. The molecular weight excluding hydrogens is 350 g/mol. The maximum Gasteiger partial charge on any atom is 0.309 e. The van der Waals surface area contributed by atoms with E-state index in [-0.39, 0.29) is 43.7 Å². The Morgan fingerprint density at radius 3 is 2.89 bits per heavy atom. The smallest absolute Gasteiger partial charge is 0.309 e. The third kappa shape index (κ3) is 2.45. The highest BCUT2D eigenvalue weighted by Crippen LogP contribution is 2.53. The number of rotatable bonds is 4. The average Bonchev–Trinajstić information content (AvgIpc) is 2.78. The summed E-state index contributed by atoms with van der Waals surface area (Å²) in [5.74, 6) is -1.89. The molecule has 3 fully saturated rings. The van der Waals surface area contributed by atoms with E-state index < -0.39 is 23.4 Å². The molecule has 4 aliphatic rings. The van der Waals surface area contributed by atoms with Gasteiger partial charge in [-0.2, -0.15) is 5.06 Å². The van der Waals surface area contributed by atoms with Crippen molar-refractivity contribution >= 4 is 23.3 Å². The lowest BCUT2D eigenvalue weighted by Gasteiger charge is -2.34. The Morgan fingerprint density at radius 1 is 1.41 bits per heavy atom. The van der Waals surface area contributed by atoms with E-state index in [1.165, 1.54) is 18.2 Å². The molecule has 27 heavy (non-hydrogen) atoms. The number of Topliss-reactive ketones (excluding diaryl/α,β-unsaturated/α-hetero) is 1. The summed E-state index contributed by atoms with van der Waals surface area (Å²) in [5.41, 5.74) is -0.0588. The Hall–Kier alpha value is -2.51. The third-order valence-corrected chi connectivity index (χ3v) is 5.79. The Labute approximate surface area is 156 Å². The lowest BCUT2D eigenvalue weighted by Crippen LogP contribution is -2.53. The van der Waals surface area contributed by atoms with Gasteiger partial charge in [0, 0.05) is 12.3 Å². The van der Waals surface area contributed by atoms with Gasteiger partial charge in [0.05, 0.1) is 25.3 Å². The number of hydrogen-bond donors (Lipinski definition) is 0. The first kappa shape index (κ1) is 17.9. The molecule has 4 atom stereocenters. The van der Waals surface area contributed by atoms with Crippen molar-refractivity contribution in [3.05, 3.63) is 42.5 Å². The molecule has 2 bridgehead atoms. The van der Waals surface area contributed by atoms with Crippen LogP contribution in [0.2, 0.25) is 0 Å². The number of para-hydroxylation sites is 1. The van der Waals surface area contributed by atoms with Gasteiger partial charge in [0.1, 0.15) is 18.1 Å². The van der Waals surface area contributed by atoms with Crippen molar-refractivity contribution < 1.29 is 28.7 Å². The standard InChI is InChI=1S/C20H21NO6/c1-3-8-26-18(23)13-10-20(17-16(22)9-12(13)11-27-17)14-6-4-5-7-15(14)21(25-2)19(20)24/h3-7,12-13,17H,1,8-11H2,2H3/t12?,13-,17?,20?/m0/s1. The summed E-state index contributed by atoms with van der Waals surface area (Å²) in [7, 11) is 1.40. The fourth-order valence-electron chi connectivity index (χ4n) is 4.62. The summed E-state index contributed by atoms with van der Waals surface area (Å²) in [6.07, 6.45) is 0.911. The first-order chi connectivity index (χ1) is 13.0. The van der Waals surface area contributed by atoms with Crippen LogP contribution < -0.4 is 5.06 Å². The van der Waals surface area contributed by atoms with Gasteiger partial charge in [0.25, 0.3) is 5.91 Å². The molecule has 3 unspecified atom stereocenters. The molecule has 0 aromatic heterocycles. The zero-order valence-electron chi connectivity index (χ0n) is 15.1. The Balaban J connectivity index is 1.85. The molecule has 0 N–H and O–H groups in total. The maximum atomic E-state index is 13.4. The first-order valence-corrected chi connectivity index (χ1v) is 8.94. The van der Waals surface area contributed by atoms with Gasteiger partial charge in [-0.1, -0.05) is 30.9 Å². The average molecular weight is 371 g/mol. The topological polar surface area (TPSA) is 82.1 Å². The van der Waals surface area contributed by atoms with Gasteiger partial charge in [-0.15, -0.1) is 0 Å². The summed E-state index contributed by atoms with van der Waals surface area (Å²) in [5, 5.41) is 1.19. The van der Waals surface area contributed by atoms with Gasteiger partial charge in [0.2, 0.25) is 0 Å². The van der Waals surface area contributed by atoms with Crippen LogP contribution in [0.5, 0.6) is 0 Å². The van der Waals surface area contributed by atoms with Crippen molar-refractivity contribution in [2.24, 2.45) is 11.8 Å². The zero-order chi connectivity index (χ0) is 19.2. The van der Waals surface area contributed by atoms with Crippen LogP contribution in [-0.2, 0) is 34.1 Å². The number of anilines is 1. The lowest BCUT2D eigenvalue weighted by atomic mass is 9.71. The van der Waals surface area contributed by atoms with Crippen molar-refractivity contribution in [2.75, 3.05) is 25.4 Å². The summed E-state index contributed by atoms with van der Waals surface area (Å²) in [6.45, 7) is 3.89. The van der Waals surface area contributed by atoms with Gasteiger partial charge in [-0.05, 0) is 18.1 Å². The molecule has 1 aromatic rings. The van der Waals surface area contributed by atoms with Gasteiger partial charge < -0.3 is 9.47 Å². The molecule has 2 saturated heterocycles. The fraction of sp³-hybridized carbons (Fsp3) is 0.450. The number of esters is 1. The molecule has 3 heterocycles. The molecule has 1 amide bonds. The number of benzene rings is 1. The van der Waals surface area contributed by atoms with E-state index in [9.17, 15) is 14.4 Å². The van der Waals surface area contributed by atoms with E-state index in [2.05, 4.69) is 6.58 Å². The van der Waals surface area contributed by atoms with E-state index in [0.29, 0.717) is 11.3 Å². The maximum absolute atomic E-state index is 13.4. The molecule has 7 heteroatoms. The number of carbonyl (C=O) groups is 3. The largest absolute Gasteiger partial charge is 0.461 e. The number of fused-ring (bicyclic) bond motifs is 4. The second-order valence-electron chi connectivity index (χ2n) is 7.14. The first-order valence-electron chi connectivity index (χ1n) is 8.94. The summed E-state index contributed by atoms with van der Waals surface area (Å²) < 4.78 is 11.1. The number of ether oxygens (including phenoxy) is 2. The molecule has 1 saturated carbocycles. The molecular formula is C20H21NO6. The number of hydroxylamine groups is 1. The van der Waals surface area contributed by atoms with Crippen LogP contribution in [0.1, 0.15) is 18.4 Å². The third-order valence-electron chi connectivity index (χ3n) is 5.79. The molecule has 3 aliphatic heterocycles. The minimum absolute atomic E-state index is 0.0853. The van der Waals surface area contributed by atoms with Gasteiger partial charge in [0.15, 0.2) is 5.78 Å². The van der Waals surface area contributed by atoms with E-state index in [1.54, 1.807) is 24.3 Å². The summed E-state index contributed by atoms with van der Waals surface area (Å²) >= 11 is 0. The predicted octanol–water partition coefficient (Wildman–Crippen LogP) is 1.56. The lowest BCUT2D eigenvalue weighted by molar-refractivity contribution is -0.152. The zero-order valence-corrected chi connectivity index (χ0v) is 15.1. The molecule has 5 rings (SSSR count). The molecule has 1 spiro atoms. The number of ketones is 1. The Bertz CT molecular complexity index is 820. The molecule has 1 aromatic carbocycles. The predicted molar refractivity (Wildman–Crippen MR) is 94.7 cm³/mol. The van der Waals surface area contributed by atoms with Crippen LogP contribution in [0.15, 0.2) is 36.9 Å². The van der Waals surface area contributed by atoms with Crippen LogP contribution in [-0.4, -0.2) is 44.1 Å². The number of carbonyl (C=O) groups excluding carboxylic acids is 3. The van der Waals surface area contributed by atoms with Crippen LogP contribution in [0.3, 0.4) is 0 Å². The molecule has 142 valence electrons. The van der Waals surface area contributed by atoms with Crippen LogP contribution in [0.4, 0.5) is 5.69 Å². The molecule has 0 radical (unpaired) electrons. The number of nitrogens with zero attached hydrogens (tertiary/aromatic N) is 1. The SMILES string of the molecule is C=CCOC(=O)[C@H]1CC2(C(=O)N(OC)c3ccccc32)C2OCC1CC2=O. The quantitative estimate of drug-likeness (QED) is 0.590. The van der Waals surface area contributed by atoms with Gasteiger partial charge in [-0.25, -0.2) is 0 Å². The van der Waals surface area contributed by atoms with Crippen molar-refractivity contribution in [1.82, 2.24) is 0 Å². The van der Waals surface area contributed by atoms with Gasteiger partial charge in [-0.3, -0.25) is 19.2 Å². The second kappa shape index (κ2) is 6.58. The van der Waals surface area contributed by atoms with Crippen LogP contribution >= 0.6 is 0 Å².